The predicted octanol–water partition coefficient (Wildman–Crippen LogP) is 5.93. The number of anilines is 2. The molecule has 2 aromatic rings. The molecule has 4 heterocycles. The molecule has 8 nitrogen and oxygen atoms in total. The number of fused-ring (bicyclic) bond motifs is 2. The summed E-state index contributed by atoms with van der Waals surface area (Å²) in [5.74, 6) is 1.09. The lowest BCUT2D eigenvalue weighted by atomic mass is 9.98. The first-order valence-electron chi connectivity index (χ1n) is 16.0. The van der Waals surface area contributed by atoms with Crippen LogP contribution in [0.3, 0.4) is 0 Å². The molecule has 43 heavy (non-hydrogen) atoms. The smallest absolute Gasteiger partial charge is 0.328 e. The molecule has 236 valence electrons. The molecule has 0 spiro atoms. The maximum absolute atomic E-state index is 15.1. The second-order valence-electron chi connectivity index (χ2n) is 13.6. The van der Waals surface area contributed by atoms with Gasteiger partial charge in [-0.1, -0.05) is 19.9 Å². The van der Waals surface area contributed by atoms with Crippen LogP contribution in [0.25, 0.3) is 0 Å². The molecule has 0 radical (unpaired) electrons. The average Bonchev–Trinajstić information content (AvgIpc) is 3.40. The van der Waals surface area contributed by atoms with Crippen molar-refractivity contribution in [2.45, 2.75) is 97.0 Å². The molecule has 3 atom stereocenters. The molecule has 1 fully saturated rings. The Hall–Kier alpha value is -2.91. The van der Waals surface area contributed by atoms with Crippen LogP contribution in [0.4, 0.5) is 15.9 Å². The molecule has 9 heteroatoms. The number of hydrogen-bond acceptors (Lipinski definition) is 8. The molecule has 0 amide bonds. The molecule has 3 aliphatic heterocycles. The van der Waals surface area contributed by atoms with E-state index in [1.165, 1.54) is 17.7 Å². The van der Waals surface area contributed by atoms with E-state index in [1.807, 2.05) is 32.7 Å². The summed E-state index contributed by atoms with van der Waals surface area (Å²) in [7, 11) is 1.95. The van der Waals surface area contributed by atoms with Crippen LogP contribution in [0.15, 0.2) is 24.3 Å². The number of aryl methyl sites for hydroxylation is 2. The molecule has 1 aromatic heterocycles. The van der Waals surface area contributed by atoms with Gasteiger partial charge in [0.1, 0.15) is 35.1 Å². The number of nitrogens with zero attached hydrogens (tertiary/aromatic N) is 3. The summed E-state index contributed by atoms with van der Waals surface area (Å²) in [5.41, 5.74) is 2.93. The highest BCUT2D eigenvalue weighted by Crippen LogP contribution is 2.43. The third-order valence-corrected chi connectivity index (χ3v) is 8.54. The van der Waals surface area contributed by atoms with E-state index in [4.69, 9.17) is 19.2 Å². The second kappa shape index (κ2) is 13.4. The fourth-order valence-corrected chi connectivity index (χ4v) is 6.24. The highest BCUT2D eigenvalue weighted by Gasteiger charge is 2.41. The number of hydrogen-bond donors (Lipinski definition) is 1. The van der Waals surface area contributed by atoms with Gasteiger partial charge in [0.25, 0.3) is 0 Å². The van der Waals surface area contributed by atoms with Crippen LogP contribution in [0.5, 0.6) is 5.75 Å². The van der Waals surface area contributed by atoms with Crippen LogP contribution in [0, 0.1) is 11.7 Å². The molecule has 1 N–H and O–H groups in total. The van der Waals surface area contributed by atoms with Crippen molar-refractivity contribution in [1.29, 1.82) is 0 Å². The molecule has 1 saturated heterocycles. The molecule has 5 rings (SSSR count). The number of carbonyl (C=O) groups excluding carboxylic acids is 1. The van der Waals surface area contributed by atoms with Crippen molar-refractivity contribution in [3.05, 3.63) is 46.9 Å². The van der Waals surface area contributed by atoms with Crippen LogP contribution >= 0.6 is 0 Å². The van der Waals surface area contributed by atoms with E-state index in [1.54, 1.807) is 0 Å². The number of halogens is 1. The highest BCUT2D eigenvalue weighted by atomic mass is 19.1. The molecular formula is C34H49FN4O4. The lowest BCUT2D eigenvalue weighted by molar-refractivity contribution is -0.161. The predicted molar refractivity (Wildman–Crippen MR) is 167 cm³/mol. The number of benzene rings is 1. The number of carbonyl (C=O) groups is 1. The summed E-state index contributed by atoms with van der Waals surface area (Å²) in [6, 6.07) is 6.50. The Labute approximate surface area is 256 Å². The van der Waals surface area contributed by atoms with Gasteiger partial charge in [0.2, 0.25) is 0 Å². The van der Waals surface area contributed by atoms with Gasteiger partial charge in [-0.05, 0) is 82.9 Å². The number of esters is 1. The summed E-state index contributed by atoms with van der Waals surface area (Å²) >= 11 is 0. The monoisotopic (exact) mass is 596 g/mol. The fraction of sp³-hybridized carbons (Fsp3) is 0.647. The minimum atomic E-state index is -0.791. The molecule has 1 unspecified atom stereocenters. The molecular weight excluding hydrogens is 547 g/mol. The SMILES string of the molecule is CC(C)[C@@H]1CN(C)c2cc(F)cc(C(C(=O)OC(C)(C)C)N3CC[C@@H](OCCCCc4ccc5c(n4)NCCC5)C3)c2O1. The summed E-state index contributed by atoms with van der Waals surface area (Å²) in [6.45, 7) is 13.3. The number of pyridine rings is 1. The Morgan fingerprint density at radius 1 is 1.21 bits per heavy atom. The Bertz CT molecular complexity index is 1280. The Morgan fingerprint density at radius 3 is 2.79 bits per heavy atom. The third-order valence-electron chi connectivity index (χ3n) is 8.54. The quantitative estimate of drug-likeness (QED) is 0.267. The largest absolute Gasteiger partial charge is 0.486 e. The van der Waals surface area contributed by atoms with E-state index in [2.05, 4.69) is 36.2 Å². The number of rotatable bonds is 10. The Morgan fingerprint density at radius 2 is 2.02 bits per heavy atom. The number of ether oxygens (including phenoxy) is 3. The van der Waals surface area contributed by atoms with Gasteiger partial charge in [0, 0.05) is 50.6 Å². The second-order valence-corrected chi connectivity index (χ2v) is 13.6. The van der Waals surface area contributed by atoms with E-state index in [9.17, 15) is 4.79 Å². The minimum absolute atomic E-state index is 0.00704. The number of unbranched alkanes of at least 4 members (excludes halogenated alkanes) is 1. The first kappa shape index (κ1) is 31.5. The number of likely N-dealkylation sites (tertiary alicyclic amines) is 1. The lowest BCUT2D eigenvalue weighted by Crippen LogP contribution is -2.43. The first-order chi connectivity index (χ1) is 20.5. The summed E-state index contributed by atoms with van der Waals surface area (Å²) in [5, 5.41) is 3.41. The van der Waals surface area contributed by atoms with Gasteiger partial charge in [0.15, 0.2) is 0 Å². The molecule has 0 aliphatic carbocycles. The van der Waals surface area contributed by atoms with E-state index in [-0.39, 0.29) is 18.1 Å². The first-order valence-corrected chi connectivity index (χ1v) is 16.0. The van der Waals surface area contributed by atoms with Gasteiger partial charge in [-0.3, -0.25) is 4.90 Å². The number of nitrogens with one attached hydrogen (secondary N) is 1. The Balaban J connectivity index is 1.24. The van der Waals surface area contributed by atoms with Crippen molar-refractivity contribution in [3.63, 3.8) is 0 Å². The van der Waals surface area contributed by atoms with Crippen molar-refractivity contribution >= 4 is 17.5 Å². The number of aromatic nitrogens is 1. The van der Waals surface area contributed by atoms with Crippen molar-refractivity contribution in [2.24, 2.45) is 5.92 Å². The van der Waals surface area contributed by atoms with E-state index in [0.717, 1.165) is 56.6 Å². The third kappa shape index (κ3) is 7.79. The van der Waals surface area contributed by atoms with Crippen molar-refractivity contribution in [3.8, 4) is 5.75 Å². The zero-order chi connectivity index (χ0) is 30.7. The molecule has 3 aliphatic rings. The van der Waals surface area contributed by atoms with E-state index >= 15 is 4.39 Å². The summed E-state index contributed by atoms with van der Waals surface area (Å²) < 4.78 is 33.7. The normalized spacial score (nSPS) is 21.2. The van der Waals surface area contributed by atoms with Gasteiger partial charge in [-0.2, -0.15) is 0 Å². The maximum Gasteiger partial charge on any atom is 0.328 e. The van der Waals surface area contributed by atoms with Crippen molar-refractivity contribution in [1.82, 2.24) is 9.88 Å². The summed E-state index contributed by atoms with van der Waals surface area (Å²) in [6.07, 6.45) is 5.84. The molecule has 0 saturated carbocycles. The highest BCUT2D eigenvalue weighted by molar-refractivity contribution is 5.81. The zero-order valence-electron chi connectivity index (χ0n) is 26.7. The number of likely N-dealkylation sites (N-methyl/N-ethyl adjacent to an activating group) is 1. The van der Waals surface area contributed by atoms with Gasteiger partial charge in [0.05, 0.1) is 18.3 Å². The van der Waals surface area contributed by atoms with Crippen LogP contribution in [0.2, 0.25) is 0 Å². The average molecular weight is 597 g/mol. The topological polar surface area (TPSA) is 76.2 Å². The minimum Gasteiger partial charge on any atom is -0.486 e. The van der Waals surface area contributed by atoms with Crippen LogP contribution < -0.4 is 15.0 Å². The Kier molecular flexibility index (Phi) is 9.81. The lowest BCUT2D eigenvalue weighted by Gasteiger charge is -2.39. The van der Waals surface area contributed by atoms with Crippen LogP contribution in [-0.4, -0.2) is 73.5 Å². The maximum atomic E-state index is 15.1. The van der Waals surface area contributed by atoms with E-state index in [0.29, 0.717) is 43.2 Å². The zero-order valence-corrected chi connectivity index (χ0v) is 26.7. The van der Waals surface area contributed by atoms with Crippen molar-refractivity contribution < 1.29 is 23.4 Å². The fourth-order valence-electron chi connectivity index (χ4n) is 6.24. The van der Waals surface area contributed by atoms with Crippen LogP contribution in [-0.2, 0) is 27.1 Å². The van der Waals surface area contributed by atoms with Gasteiger partial charge < -0.3 is 24.4 Å². The summed E-state index contributed by atoms with van der Waals surface area (Å²) in [4.78, 5) is 22.7. The molecule has 1 aromatic carbocycles. The van der Waals surface area contributed by atoms with Gasteiger partial charge in [-0.25, -0.2) is 14.2 Å². The standard InChI is InChI=1S/C34H49FN4O4/c1-22(2)29-21-38(6)28-19-24(35)18-27(31(28)42-29)30(33(40)43-34(3,4)5)39-16-14-26(20-39)41-17-8-7-11-25-13-12-23-10-9-15-36-32(23)37-25/h12-13,18-19,22,26,29-30H,7-11,14-17,20-21H2,1-6H3,(H,36,37)/t26-,29+,30?/m1/s1. The van der Waals surface area contributed by atoms with E-state index < -0.39 is 23.4 Å². The van der Waals surface area contributed by atoms with Gasteiger partial charge >= 0.3 is 5.97 Å². The van der Waals surface area contributed by atoms with Crippen molar-refractivity contribution in [2.75, 3.05) is 50.1 Å². The van der Waals surface area contributed by atoms with Gasteiger partial charge in [-0.15, -0.1) is 0 Å². The van der Waals surface area contributed by atoms with Crippen LogP contribution in [0.1, 0.15) is 83.2 Å². The molecule has 0 bridgehead atoms.